The third-order valence-electron chi connectivity index (χ3n) is 3.45. The van der Waals surface area contributed by atoms with Crippen LogP contribution in [0.25, 0.3) is 0 Å². The molecule has 2 N–H and O–H groups in total. The van der Waals surface area contributed by atoms with Crippen LogP contribution in [0.15, 0.2) is 46.0 Å². The Morgan fingerprint density at radius 3 is 2.69 bits per heavy atom. The summed E-state index contributed by atoms with van der Waals surface area (Å²) in [6, 6.07) is 9.32. The van der Waals surface area contributed by atoms with Gasteiger partial charge in [0.1, 0.15) is 15.9 Å². The number of anilines is 1. The van der Waals surface area contributed by atoms with Gasteiger partial charge in [-0.3, -0.25) is 0 Å². The van der Waals surface area contributed by atoms with Crippen molar-refractivity contribution in [2.75, 3.05) is 11.9 Å². The fourth-order valence-electron chi connectivity index (χ4n) is 2.15. The molecule has 1 atom stereocenters. The predicted octanol–water partition coefficient (Wildman–Crippen LogP) is 3.11. The van der Waals surface area contributed by atoms with Crippen molar-refractivity contribution in [2.45, 2.75) is 23.6 Å². The molecule has 3 rings (SSSR count). The Bertz CT molecular complexity index is 940. The Balaban J connectivity index is 1.52. The van der Waals surface area contributed by atoms with Crippen molar-refractivity contribution in [3.8, 4) is 0 Å². The normalized spacial score (nSPS) is 12.8. The van der Waals surface area contributed by atoms with Crippen LogP contribution in [-0.2, 0) is 16.4 Å². The van der Waals surface area contributed by atoms with E-state index in [0.717, 1.165) is 5.56 Å². The minimum atomic E-state index is -3.48. The van der Waals surface area contributed by atoms with Gasteiger partial charge in [0.25, 0.3) is 0 Å². The number of rotatable bonds is 8. The average molecular weight is 413 g/mol. The van der Waals surface area contributed by atoms with Crippen LogP contribution in [0.1, 0.15) is 18.3 Å². The molecule has 26 heavy (non-hydrogen) atoms. The molecule has 6 nitrogen and oxygen atoms in total. The quantitative estimate of drug-likeness (QED) is 0.594. The Morgan fingerprint density at radius 1 is 1.23 bits per heavy atom. The second-order valence-electron chi connectivity index (χ2n) is 5.65. The molecule has 0 saturated heterocycles. The molecule has 138 valence electrons. The third kappa shape index (κ3) is 5.07. The summed E-state index contributed by atoms with van der Waals surface area (Å²) in [5.74, 6) is 0.358. The van der Waals surface area contributed by atoms with Crippen LogP contribution in [0.2, 0.25) is 0 Å². The maximum Gasteiger partial charge on any atom is 0.250 e. The summed E-state index contributed by atoms with van der Waals surface area (Å²) < 4.78 is 44.3. The zero-order valence-electron chi connectivity index (χ0n) is 13.8. The third-order valence-corrected chi connectivity index (χ3v) is 6.96. The smallest absolute Gasteiger partial charge is 0.250 e. The van der Waals surface area contributed by atoms with Crippen LogP contribution in [-0.4, -0.2) is 30.4 Å². The molecule has 0 saturated carbocycles. The molecule has 2 aromatic heterocycles. The van der Waals surface area contributed by atoms with Gasteiger partial charge in [-0.25, -0.2) is 22.5 Å². The van der Waals surface area contributed by atoms with Crippen molar-refractivity contribution in [1.82, 2.24) is 14.1 Å². The van der Waals surface area contributed by atoms with Crippen molar-refractivity contribution in [3.05, 3.63) is 59.0 Å². The van der Waals surface area contributed by atoms with Crippen molar-refractivity contribution in [2.24, 2.45) is 0 Å². The summed E-state index contributed by atoms with van der Waals surface area (Å²) in [7, 11) is -3.48. The molecule has 0 radical (unpaired) electrons. The van der Waals surface area contributed by atoms with Crippen molar-refractivity contribution < 1.29 is 12.8 Å². The minimum Gasteiger partial charge on any atom is -0.357 e. The zero-order chi connectivity index (χ0) is 18.6. The number of benzene rings is 1. The summed E-state index contributed by atoms with van der Waals surface area (Å²) in [4.78, 5) is 4.39. The fourth-order valence-corrected chi connectivity index (χ4v) is 5.02. The molecule has 0 bridgehead atoms. The van der Waals surface area contributed by atoms with Gasteiger partial charge in [0, 0.05) is 30.5 Å². The Hall–Kier alpha value is -1.88. The highest BCUT2D eigenvalue weighted by Crippen LogP contribution is 2.17. The SMILES string of the molecule is CC(CNS(=O)(=O)c1cccs1)Nc1nc(Cc2ccc(F)cc2)ns1. The summed E-state index contributed by atoms with van der Waals surface area (Å²) in [5.41, 5.74) is 0.924. The van der Waals surface area contributed by atoms with E-state index in [1.54, 1.807) is 29.6 Å². The summed E-state index contributed by atoms with van der Waals surface area (Å²) in [6.45, 7) is 2.09. The van der Waals surface area contributed by atoms with E-state index in [4.69, 9.17) is 0 Å². The molecule has 0 aliphatic carbocycles. The number of halogens is 1. The molecular formula is C16H17FN4O2S3. The van der Waals surface area contributed by atoms with E-state index in [0.29, 0.717) is 21.6 Å². The van der Waals surface area contributed by atoms with Gasteiger partial charge in [-0.2, -0.15) is 4.37 Å². The molecule has 1 unspecified atom stereocenters. The largest absolute Gasteiger partial charge is 0.357 e. The lowest BCUT2D eigenvalue weighted by atomic mass is 10.1. The predicted molar refractivity (Wildman–Crippen MR) is 102 cm³/mol. The van der Waals surface area contributed by atoms with E-state index in [-0.39, 0.29) is 18.4 Å². The van der Waals surface area contributed by atoms with Crippen LogP contribution in [0.5, 0.6) is 0 Å². The number of aromatic nitrogens is 2. The lowest BCUT2D eigenvalue weighted by Crippen LogP contribution is -2.34. The van der Waals surface area contributed by atoms with E-state index in [2.05, 4.69) is 19.4 Å². The standard InChI is InChI=1S/C16H17FN4O2S3/c1-11(10-18-26(22,23)15-3-2-8-24-15)19-16-20-14(21-25-16)9-12-4-6-13(17)7-5-12/h2-8,11,18H,9-10H2,1H3,(H,19,20,21). The van der Waals surface area contributed by atoms with E-state index < -0.39 is 10.0 Å². The number of hydrogen-bond acceptors (Lipinski definition) is 7. The molecule has 10 heteroatoms. The maximum absolute atomic E-state index is 12.9. The zero-order valence-corrected chi connectivity index (χ0v) is 16.3. The lowest BCUT2D eigenvalue weighted by Gasteiger charge is -2.13. The molecular weight excluding hydrogens is 395 g/mol. The monoisotopic (exact) mass is 412 g/mol. The molecule has 2 heterocycles. The molecule has 0 aliphatic rings. The second kappa shape index (κ2) is 8.21. The maximum atomic E-state index is 12.9. The summed E-state index contributed by atoms with van der Waals surface area (Å²) in [6.07, 6.45) is 0.512. The van der Waals surface area contributed by atoms with E-state index in [9.17, 15) is 12.8 Å². The second-order valence-corrected chi connectivity index (χ2v) is 9.34. The minimum absolute atomic E-state index is 0.156. The van der Waals surface area contributed by atoms with Gasteiger partial charge in [0.15, 0.2) is 0 Å². The van der Waals surface area contributed by atoms with Crippen LogP contribution in [0.3, 0.4) is 0 Å². The van der Waals surface area contributed by atoms with E-state index in [1.807, 2.05) is 6.92 Å². The van der Waals surface area contributed by atoms with Gasteiger partial charge in [-0.1, -0.05) is 18.2 Å². The first-order chi connectivity index (χ1) is 12.4. The van der Waals surface area contributed by atoms with E-state index in [1.165, 1.54) is 35.0 Å². The molecule has 3 aromatic rings. The Labute approximate surface area is 159 Å². The highest BCUT2D eigenvalue weighted by atomic mass is 32.2. The summed E-state index contributed by atoms with van der Waals surface area (Å²) >= 11 is 2.39. The molecule has 0 fully saturated rings. The van der Waals surface area contributed by atoms with Crippen LogP contribution in [0.4, 0.5) is 9.52 Å². The van der Waals surface area contributed by atoms with Gasteiger partial charge in [-0.05, 0) is 36.1 Å². The first-order valence-electron chi connectivity index (χ1n) is 7.79. The summed E-state index contributed by atoms with van der Waals surface area (Å²) in [5, 5.41) is 5.47. The average Bonchev–Trinajstić information content (AvgIpc) is 3.28. The van der Waals surface area contributed by atoms with Gasteiger partial charge in [-0.15, -0.1) is 11.3 Å². The Morgan fingerprint density at radius 2 is 2.00 bits per heavy atom. The molecule has 0 aliphatic heterocycles. The van der Waals surface area contributed by atoms with Gasteiger partial charge >= 0.3 is 0 Å². The van der Waals surface area contributed by atoms with E-state index >= 15 is 0 Å². The molecule has 0 amide bonds. The number of hydrogen-bond donors (Lipinski definition) is 2. The van der Waals surface area contributed by atoms with Crippen molar-refractivity contribution >= 4 is 38.0 Å². The van der Waals surface area contributed by atoms with Crippen LogP contribution in [0, 0.1) is 5.82 Å². The van der Waals surface area contributed by atoms with Crippen molar-refractivity contribution in [3.63, 3.8) is 0 Å². The van der Waals surface area contributed by atoms with Gasteiger partial charge in [0.2, 0.25) is 15.2 Å². The van der Waals surface area contributed by atoms with Gasteiger partial charge in [0.05, 0.1) is 0 Å². The number of nitrogens with zero attached hydrogens (tertiary/aromatic N) is 2. The fraction of sp³-hybridized carbons (Fsp3) is 0.250. The first-order valence-corrected chi connectivity index (χ1v) is 10.9. The Kier molecular flexibility index (Phi) is 5.97. The van der Waals surface area contributed by atoms with Crippen LogP contribution >= 0.6 is 22.9 Å². The number of sulfonamides is 1. The van der Waals surface area contributed by atoms with Crippen molar-refractivity contribution in [1.29, 1.82) is 0 Å². The van der Waals surface area contributed by atoms with Crippen LogP contribution < -0.4 is 10.0 Å². The molecule has 1 aromatic carbocycles. The highest BCUT2D eigenvalue weighted by molar-refractivity contribution is 7.91. The lowest BCUT2D eigenvalue weighted by molar-refractivity contribution is 0.579. The first kappa shape index (κ1) is 18.9. The number of nitrogens with one attached hydrogen (secondary N) is 2. The molecule has 0 spiro atoms. The van der Waals surface area contributed by atoms with Gasteiger partial charge < -0.3 is 5.32 Å². The highest BCUT2D eigenvalue weighted by Gasteiger charge is 2.16. The number of thiophene rings is 1. The topological polar surface area (TPSA) is 84.0 Å².